The largest absolute Gasteiger partial charge is 0.478 e. The van der Waals surface area contributed by atoms with Crippen molar-refractivity contribution in [3.8, 4) is 11.1 Å². The van der Waals surface area contributed by atoms with Gasteiger partial charge in [0.1, 0.15) is 5.92 Å². The molecule has 212 valence electrons. The lowest BCUT2D eigenvalue weighted by molar-refractivity contribution is 0.0691. The lowest BCUT2D eigenvalue weighted by atomic mass is 9.97. The molecule has 11 heteroatoms. The van der Waals surface area contributed by atoms with E-state index in [0.717, 1.165) is 23.8 Å². The van der Waals surface area contributed by atoms with E-state index in [1.165, 1.54) is 0 Å². The van der Waals surface area contributed by atoms with Gasteiger partial charge in [-0.1, -0.05) is 60.7 Å². The molecule has 43 heavy (non-hydrogen) atoms. The Morgan fingerprint density at radius 2 is 1.40 bits per heavy atom. The third kappa shape index (κ3) is 4.96. The first-order valence-corrected chi connectivity index (χ1v) is 14.3. The van der Waals surface area contributed by atoms with Crippen LogP contribution in [-0.2, 0) is 10.1 Å². The first kappa shape index (κ1) is 27.6. The van der Waals surface area contributed by atoms with Crippen molar-refractivity contribution in [2.45, 2.75) is 10.8 Å². The number of anilines is 1. The first-order valence-electron chi connectivity index (χ1n) is 12.9. The molecule has 10 nitrogen and oxygen atoms in total. The predicted molar refractivity (Wildman–Crippen MR) is 156 cm³/mol. The topological polar surface area (TPSA) is 168 Å². The molecule has 1 heterocycles. The van der Waals surface area contributed by atoms with Gasteiger partial charge in [-0.15, -0.1) is 0 Å². The number of benzene rings is 4. The van der Waals surface area contributed by atoms with Crippen molar-refractivity contribution in [3.63, 3.8) is 0 Å². The van der Waals surface area contributed by atoms with E-state index in [2.05, 4.69) is 10.3 Å². The zero-order valence-corrected chi connectivity index (χ0v) is 22.8. The number of rotatable bonds is 6. The molecule has 4 aromatic carbocycles. The Morgan fingerprint density at radius 1 is 0.744 bits per heavy atom. The fraction of sp³-hybridized carbons (Fsp3) is 0.0312. The highest BCUT2D eigenvalue weighted by molar-refractivity contribution is 7.85. The number of carboxylic acid groups (broad SMARTS) is 1. The van der Waals surface area contributed by atoms with Crippen LogP contribution in [-0.4, -0.2) is 46.5 Å². The average Bonchev–Trinajstić information content (AvgIpc) is 3.25. The van der Waals surface area contributed by atoms with Gasteiger partial charge in [0.25, 0.3) is 16.0 Å². The van der Waals surface area contributed by atoms with Crippen LogP contribution >= 0.6 is 0 Å². The van der Waals surface area contributed by atoms with Crippen LogP contribution in [0, 0.1) is 0 Å². The van der Waals surface area contributed by atoms with Gasteiger partial charge in [0.2, 0.25) is 0 Å². The number of hydrogen-bond acceptors (Lipinski definition) is 7. The maximum Gasteiger partial charge on any atom is 0.336 e. The molecule has 0 bridgehead atoms. The summed E-state index contributed by atoms with van der Waals surface area (Å²) in [5, 5.41) is 12.8. The number of nitrogens with zero attached hydrogens (tertiary/aromatic N) is 1. The molecule has 0 saturated heterocycles. The number of amides is 1. The Kier molecular flexibility index (Phi) is 6.68. The van der Waals surface area contributed by atoms with Gasteiger partial charge >= 0.3 is 5.97 Å². The number of aromatic nitrogens is 1. The molecule has 6 rings (SSSR count). The van der Waals surface area contributed by atoms with Crippen LogP contribution in [0.2, 0.25) is 0 Å². The van der Waals surface area contributed by atoms with Gasteiger partial charge in [-0.25, -0.2) is 9.78 Å². The number of carbonyl (C=O) groups excluding carboxylic acids is 3. The lowest BCUT2D eigenvalue weighted by Crippen LogP contribution is -2.18. The molecule has 0 radical (unpaired) electrons. The summed E-state index contributed by atoms with van der Waals surface area (Å²) in [6.07, 6.45) is 0. The second-order valence-electron chi connectivity index (χ2n) is 9.85. The van der Waals surface area contributed by atoms with E-state index in [0.29, 0.717) is 22.1 Å². The number of aromatic carboxylic acids is 1. The number of hydrogen-bond donors (Lipinski definition) is 3. The SMILES string of the molecule is O=C(O)c1ccc(S(=O)(=O)O)cc1C(=O)Nc1cc(-c2ccccc2)cc2ccc(C3C(=O)c4ccccc4C3=O)nc12. The fourth-order valence-electron chi connectivity index (χ4n) is 5.16. The van der Waals surface area contributed by atoms with Gasteiger partial charge in [0.15, 0.2) is 11.6 Å². The number of pyridine rings is 1. The van der Waals surface area contributed by atoms with E-state index in [9.17, 15) is 37.3 Å². The molecule has 0 spiro atoms. The summed E-state index contributed by atoms with van der Waals surface area (Å²) in [5.41, 5.74) is 1.54. The van der Waals surface area contributed by atoms with Crippen LogP contribution in [0.15, 0.2) is 102 Å². The maximum atomic E-state index is 13.5. The van der Waals surface area contributed by atoms with E-state index in [4.69, 9.17) is 0 Å². The Hall–Kier alpha value is -5.52. The molecule has 0 saturated carbocycles. The Balaban J connectivity index is 1.50. The smallest absolute Gasteiger partial charge is 0.336 e. The second-order valence-corrected chi connectivity index (χ2v) is 11.3. The van der Waals surface area contributed by atoms with Gasteiger partial charge in [0, 0.05) is 16.5 Å². The minimum absolute atomic E-state index is 0.118. The highest BCUT2D eigenvalue weighted by atomic mass is 32.2. The van der Waals surface area contributed by atoms with E-state index in [1.54, 1.807) is 42.5 Å². The molecule has 3 N–H and O–H groups in total. The number of nitrogens with one attached hydrogen (secondary N) is 1. The van der Waals surface area contributed by atoms with Gasteiger partial charge in [-0.05, 0) is 47.5 Å². The third-order valence-corrected chi connectivity index (χ3v) is 8.06. The normalized spacial score (nSPS) is 13.2. The van der Waals surface area contributed by atoms with Crippen LogP contribution in [0.3, 0.4) is 0 Å². The highest BCUT2D eigenvalue weighted by Crippen LogP contribution is 2.36. The molecule has 1 aliphatic carbocycles. The number of fused-ring (bicyclic) bond motifs is 2. The van der Waals surface area contributed by atoms with Crippen LogP contribution in [0.1, 0.15) is 53.0 Å². The van der Waals surface area contributed by atoms with Crippen molar-refractivity contribution in [2.75, 3.05) is 5.32 Å². The van der Waals surface area contributed by atoms with Gasteiger partial charge < -0.3 is 10.4 Å². The van der Waals surface area contributed by atoms with E-state index in [1.807, 2.05) is 36.4 Å². The molecule has 0 atom stereocenters. The minimum atomic E-state index is -4.75. The molecular weight excluding hydrogens is 572 g/mol. The molecule has 1 aliphatic rings. The number of ketones is 2. The summed E-state index contributed by atoms with van der Waals surface area (Å²) >= 11 is 0. The zero-order chi connectivity index (χ0) is 30.5. The highest BCUT2D eigenvalue weighted by Gasteiger charge is 2.40. The van der Waals surface area contributed by atoms with Gasteiger partial charge in [-0.2, -0.15) is 8.42 Å². The summed E-state index contributed by atoms with van der Waals surface area (Å²) in [6.45, 7) is 0. The third-order valence-electron chi connectivity index (χ3n) is 7.21. The minimum Gasteiger partial charge on any atom is -0.478 e. The van der Waals surface area contributed by atoms with Crippen molar-refractivity contribution in [2.24, 2.45) is 0 Å². The monoisotopic (exact) mass is 592 g/mol. The van der Waals surface area contributed by atoms with Crippen molar-refractivity contribution in [1.29, 1.82) is 0 Å². The quantitative estimate of drug-likeness (QED) is 0.176. The van der Waals surface area contributed by atoms with Crippen LogP contribution < -0.4 is 5.32 Å². The summed E-state index contributed by atoms with van der Waals surface area (Å²) in [7, 11) is -4.75. The van der Waals surface area contributed by atoms with Crippen LogP contribution in [0.25, 0.3) is 22.0 Å². The summed E-state index contributed by atoms with van der Waals surface area (Å²) in [6, 6.07) is 24.9. The van der Waals surface area contributed by atoms with Crippen LogP contribution in [0.4, 0.5) is 5.69 Å². The number of carbonyl (C=O) groups is 4. The van der Waals surface area contributed by atoms with Gasteiger partial charge in [0.05, 0.1) is 32.9 Å². The molecule has 1 aromatic heterocycles. The van der Waals surface area contributed by atoms with E-state index in [-0.39, 0.29) is 16.9 Å². The Bertz CT molecular complexity index is 2090. The number of Topliss-reactive ketones (excluding diaryl/α,β-unsaturated/α-hetero) is 2. The Labute approximate surface area is 244 Å². The summed E-state index contributed by atoms with van der Waals surface area (Å²) in [4.78, 5) is 55.7. The molecule has 1 amide bonds. The lowest BCUT2D eigenvalue weighted by Gasteiger charge is -2.15. The zero-order valence-electron chi connectivity index (χ0n) is 22.0. The van der Waals surface area contributed by atoms with Crippen molar-refractivity contribution < 1.29 is 37.3 Å². The first-order chi connectivity index (χ1) is 20.5. The standard InChI is InChI=1S/C32H20N2O8S/c35-29-21-8-4-5-9-22(21)30(36)27(29)25-13-10-18-14-19(17-6-2-1-3-7-17)15-26(28(18)33-25)34-31(37)24-16-20(43(40,41)42)11-12-23(24)32(38)39/h1-16,27H,(H,34,37)(H,38,39)(H,40,41,42). The molecule has 0 unspecified atom stereocenters. The van der Waals surface area contributed by atoms with E-state index < -0.39 is 55.5 Å². The summed E-state index contributed by atoms with van der Waals surface area (Å²) < 4.78 is 33.0. The molecule has 5 aromatic rings. The van der Waals surface area contributed by atoms with Gasteiger partial charge in [-0.3, -0.25) is 18.9 Å². The van der Waals surface area contributed by atoms with Crippen molar-refractivity contribution in [3.05, 3.63) is 125 Å². The summed E-state index contributed by atoms with van der Waals surface area (Å²) in [5.74, 6) is -4.45. The van der Waals surface area contributed by atoms with Crippen LogP contribution in [0.5, 0.6) is 0 Å². The van der Waals surface area contributed by atoms with Crippen molar-refractivity contribution >= 4 is 50.2 Å². The maximum absolute atomic E-state index is 13.5. The molecular formula is C32H20N2O8S. The average molecular weight is 593 g/mol. The fourth-order valence-corrected chi connectivity index (χ4v) is 5.67. The second kappa shape index (κ2) is 10.4. The Morgan fingerprint density at radius 3 is 2.02 bits per heavy atom. The molecule has 0 fully saturated rings. The number of carboxylic acids is 1. The molecule has 0 aliphatic heterocycles. The van der Waals surface area contributed by atoms with E-state index >= 15 is 0 Å². The predicted octanol–water partition coefficient (Wildman–Crippen LogP) is 5.26. The van der Waals surface area contributed by atoms with Crippen molar-refractivity contribution in [1.82, 2.24) is 4.98 Å².